The van der Waals surface area contributed by atoms with E-state index in [0.29, 0.717) is 18.4 Å². The topological polar surface area (TPSA) is 26.3 Å². The highest BCUT2D eigenvalue weighted by Crippen LogP contribution is 2.32. The van der Waals surface area contributed by atoms with Crippen LogP contribution in [0.3, 0.4) is 0 Å². The highest BCUT2D eigenvalue weighted by atomic mass is 16.5. The number of carbonyl (C=O) groups excluding carboxylic acids is 1. The number of rotatable bonds is 2. The second-order valence-electron chi connectivity index (χ2n) is 4.26. The van der Waals surface area contributed by atoms with E-state index in [9.17, 15) is 4.79 Å². The maximum atomic E-state index is 11.3. The molecule has 1 fully saturated rings. The van der Waals surface area contributed by atoms with Gasteiger partial charge < -0.3 is 4.74 Å². The lowest BCUT2D eigenvalue weighted by Crippen LogP contribution is -2.14. The van der Waals surface area contributed by atoms with E-state index in [1.807, 2.05) is 6.92 Å². The van der Waals surface area contributed by atoms with Gasteiger partial charge in [0.25, 0.3) is 0 Å². The molecule has 0 amide bonds. The summed E-state index contributed by atoms with van der Waals surface area (Å²) in [4.78, 5) is 11.3. The molecule has 0 saturated heterocycles. The van der Waals surface area contributed by atoms with Crippen molar-refractivity contribution in [2.24, 2.45) is 11.8 Å². The zero-order valence-electron chi connectivity index (χ0n) is 9.38. The number of esters is 1. The molecule has 14 heavy (non-hydrogen) atoms. The Bertz CT molecular complexity index is 230. The van der Waals surface area contributed by atoms with Gasteiger partial charge in [-0.1, -0.05) is 19.4 Å². The van der Waals surface area contributed by atoms with Crippen LogP contribution in [0, 0.1) is 11.8 Å². The van der Waals surface area contributed by atoms with E-state index in [1.54, 1.807) is 6.08 Å². The first kappa shape index (κ1) is 11.3. The molecule has 2 unspecified atom stereocenters. The zero-order chi connectivity index (χ0) is 10.6. The predicted octanol–water partition coefficient (Wildman–Crippen LogP) is 2.93. The monoisotopic (exact) mass is 196 g/mol. The third-order valence-corrected chi connectivity index (χ3v) is 2.90. The van der Waals surface area contributed by atoms with E-state index in [2.05, 4.69) is 13.8 Å². The van der Waals surface area contributed by atoms with Crippen molar-refractivity contribution in [3.63, 3.8) is 0 Å². The molecule has 2 heteroatoms. The summed E-state index contributed by atoms with van der Waals surface area (Å²) in [5, 5.41) is 0. The van der Waals surface area contributed by atoms with Crippen LogP contribution in [0.1, 0.15) is 40.0 Å². The Balaban J connectivity index is 2.59. The van der Waals surface area contributed by atoms with Crippen molar-refractivity contribution in [1.82, 2.24) is 0 Å². The normalized spacial score (nSPS) is 30.4. The van der Waals surface area contributed by atoms with Gasteiger partial charge in [0.1, 0.15) is 0 Å². The van der Waals surface area contributed by atoms with Crippen molar-refractivity contribution < 1.29 is 9.53 Å². The Hall–Kier alpha value is -0.790. The fourth-order valence-corrected chi connectivity index (χ4v) is 1.96. The number of hydrogen-bond acceptors (Lipinski definition) is 2. The maximum Gasteiger partial charge on any atom is 0.330 e. The number of carbonyl (C=O) groups is 1. The molecule has 0 aromatic carbocycles. The van der Waals surface area contributed by atoms with E-state index < -0.39 is 0 Å². The van der Waals surface area contributed by atoms with Crippen molar-refractivity contribution in [1.29, 1.82) is 0 Å². The first-order valence-corrected chi connectivity index (χ1v) is 5.50. The first-order chi connectivity index (χ1) is 6.63. The molecule has 0 bridgehead atoms. The molecule has 0 radical (unpaired) electrons. The molecule has 0 N–H and O–H groups in total. The summed E-state index contributed by atoms with van der Waals surface area (Å²) in [6.07, 6.45) is 5.23. The quantitative estimate of drug-likeness (QED) is 0.501. The molecule has 0 aromatic heterocycles. The Morgan fingerprint density at radius 2 is 2.21 bits per heavy atom. The van der Waals surface area contributed by atoms with Crippen LogP contribution in [0.15, 0.2) is 11.6 Å². The second kappa shape index (κ2) is 5.18. The lowest BCUT2D eigenvalue weighted by Gasteiger charge is -2.26. The smallest absolute Gasteiger partial charge is 0.330 e. The SMILES string of the molecule is CCOC(=O)/C=C1\CC(C)CCC1C. The molecule has 0 heterocycles. The Kier molecular flexibility index (Phi) is 4.18. The minimum Gasteiger partial charge on any atom is -0.463 e. The van der Waals surface area contributed by atoms with E-state index in [1.165, 1.54) is 18.4 Å². The molecule has 0 aliphatic heterocycles. The molecular formula is C12H20O2. The van der Waals surface area contributed by atoms with Crippen molar-refractivity contribution in [2.45, 2.75) is 40.0 Å². The van der Waals surface area contributed by atoms with Crippen LogP contribution in [0.25, 0.3) is 0 Å². The summed E-state index contributed by atoms with van der Waals surface area (Å²) in [5.74, 6) is 1.09. The molecule has 0 aromatic rings. The van der Waals surface area contributed by atoms with Gasteiger partial charge in [-0.15, -0.1) is 0 Å². The van der Waals surface area contributed by atoms with Crippen molar-refractivity contribution >= 4 is 5.97 Å². The van der Waals surface area contributed by atoms with Crippen LogP contribution in [-0.4, -0.2) is 12.6 Å². The van der Waals surface area contributed by atoms with E-state index in [0.717, 1.165) is 6.42 Å². The minimum atomic E-state index is -0.177. The zero-order valence-corrected chi connectivity index (χ0v) is 9.38. The fourth-order valence-electron chi connectivity index (χ4n) is 1.96. The Morgan fingerprint density at radius 3 is 2.86 bits per heavy atom. The average molecular weight is 196 g/mol. The maximum absolute atomic E-state index is 11.3. The molecule has 1 aliphatic rings. The van der Waals surface area contributed by atoms with Gasteiger partial charge in [0.15, 0.2) is 0 Å². The van der Waals surface area contributed by atoms with Gasteiger partial charge in [-0.3, -0.25) is 0 Å². The fraction of sp³-hybridized carbons (Fsp3) is 0.750. The summed E-state index contributed by atoms with van der Waals surface area (Å²) in [7, 11) is 0. The van der Waals surface area contributed by atoms with Gasteiger partial charge in [0.2, 0.25) is 0 Å². The summed E-state index contributed by atoms with van der Waals surface area (Å²) in [6.45, 7) is 6.73. The third-order valence-electron chi connectivity index (χ3n) is 2.90. The highest BCUT2D eigenvalue weighted by Gasteiger charge is 2.20. The van der Waals surface area contributed by atoms with Crippen LogP contribution >= 0.6 is 0 Å². The van der Waals surface area contributed by atoms with E-state index >= 15 is 0 Å². The van der Waals surface area contributed by atoms with Gasteiger partial charge in [-0.05, 0) is 38.0 Å². The number of ether oxygens (including phenoxy) is 1. The minimum absolute atomic E-state index is 0.177. The van der Waals surface area contributed by atoms with E-state index in [4.69, 9.17) is 4.74 Å². The molecule has 0 spiro atoms. The Morgan fingerprint density at radius 1 is 1.50 bits per heavy atom. The Labute approximate surface area is 86.3 Å². The van der Waals surface area contributed by atoms with Gasteiger partial charge in [0, 0.05) is 6.08 Å². The van der Waals surface area contributed by atoms with Gasteiger partial charge >= 0.3 is 5.97 Å². The summed E-state index contributed by atoms with van der Waals surface area (Å²) in [5.41, 5.74) is 1.27. The molecular weight excluding hydrogens is 176 g/mol. The van der Waals surface area contributed by atoms with E-state index in [-0.39, 0.29) is 5.97 Å². The van der Waals surface area contributed by atoms with Gasteiger partial charge in [-0.2, -0.15) is 0 Å². The molecule has 1 saturated carbocycles. The van der Waals surface area contributed by atoms with Crippen LogP contribution in [0.2, 0.25) is 0 Å². The summed E-state index contributed by atoms with van der Waals surface area (Å²) < 4.78 is 4.91. The van der Waals surface area contributed by atoms with Gasteiger partial charge in [0.05, 0.1) is 6.61 Å². The summed E-state index contributed by atoms with van der Waals surface area (Å²) in [6, 6.07) is 0. The average Bonchev–Trinajstić information content (AvgIpc) is 2.12. The van der Waals surface area contributed by atoms with Crippen LogP contribution in [0.4, 0.5) is 0 Å². The van der Waals surface area contributed by atoms with Crippen molar-refractivity contribution in [3.05, 3.63) is 11.6 Å². The highest BCUT2D eigenvalue weighted by molar-refractivity contribution is 5.82. The lowest BCUT2D eigenvalue weighted by molar-refractivity contribution is -0.137. The van der Waals surface area contributed by atoms with Crippen LogP contribution < -0.4 is 0 Å². The molecule has 1 aliphatic carbocycles. The second-order valence-corrected chi connectivity index (χ2v) is 4.26. The largest absolute Gasteiger partial charge is 0.463 e. The third kappa shape index (κ3) is 3.17. The number of hydrogen-bond donors (Lipinski definition) is 0. The standard InChI is InChI=1S/C12H20O2/c1-4-14-12(13)8-11-7-9(2)5-6-10(11)3/h8-10H,4-7H2,1-3H3/b11-8+. The molecule has 1 rings (SSSR count). The molecule has 2 atom stereocenters. The predicted molar refractivity (Wildman–Crippen MR) is 56.9 cm³/mol. The lowest BCUT2D eigenvalue weighted by atomic mass is 9.80. The van der Waals surface area contributed by atoms with Crippen molar-refractivity contribution in [3.8, 4) is 0 Å². The summed E-state index contributed by atoms with van der Waals surface area (Å²) >= 11 is 0. The molecule has 2 nitrogen and oxygen atoms in total. The van der Waals surface area contributed by atoms with Crippen LogP contribution in [0.5, 0.6) is 0 Å². The first-order valence-electron chi connectivity index (χ1n) is 5.50. The van der Waals surface area contributed by atoms with Gasteiger partial charge in [-0.25, -0.2) is 4.79 Å². The van der Waals surface area contributed by atoms with Crippen molar-refractivity contribution in [2.75, 3.05) is 6.61 Å². The molecule has 80 valence electrons. The van der Waals surface area contributed by atoms with Crippen LogP contribution in [-0.2, 0) is 9.53 Å². The number of allylic oxidation sites excluding steroid dienone is 1.